The van der Waals surface area contributed by atoms with Crippen LogP contribution in [0.2, 0.25) is 0 Å². The van der Waals surface area contributed by atoms with Gasteiger partial charge in [0.15, 0.2) is 17.0 Å². The van der Waals surface area contributed by atoms with Gasteiger partial charge in [0.05, 0.1) is 5.56 Å². The first kappa shape index (κ1) is 25.5. The molecule has 11 heteroatoms. The van der Waals surface area contributed by atoms with E-state index < -0.39 is 17.4 Å². The van der Waals surface area contributed by atoms with Crippen LogP contribution in [0, 0.1) is 0 Å². The maximum atomic E-state index is 12.5. The Labute approximate surface area is 209 Å². The molecule has 4 rings (SSSR count). The van der Waals surface area contributed by atoms with Crippen LogP contribution in [-0.4, -0.2) is 57.3 Å². The summed E-state index contributed by atoms with van der Waals surface area (Å²) in [5.41, 5.74) is 14.2. The molecule has 0 spiro atoms. The van der Waals surface area contributed by atoms with Crippen LogP contribution in [0.4, 0.5) is 0 Å². The molecular formula is C25H33N5O6. The molecule has 0 bridgehead atoms. The Morgan fingerprint density at radius 2 is 1.86 bits per heavy atom. The van der Waals surface area contributed by atoms with E-state index in [1.165, 1.54) is 6.07 Å². The first-order valence-corrected chi connectivity index (χ1v) is 12.1. The summed E-state index contributed by atoms with van der Waals surface area (Å²) in [5.74, 6) is -0.933. The number of aromatic hydroxyl groups is 2. The first-order chi connectivity index (χ1) is 17.1. The third kappa shape index (κ3) is 5.02. The molecular weight excluding hydrogens is 466 g/mol. The van der Waals surface area contributed by atoms with Crippen molar-refractivity contribution in [3.8, 4) is 11.5 Å². The van der Waals surface area contributed by atoms with Crippen LogP contribution in [0.5, 0.6) is 11.5 Å². The molecule has 2 aliphatic rings. The van der Waals surface area contributed by atoms with Gasteiger partial charge in [-0.1, -0.05) is 25.4 Å². The fraction of sp³-hybridized carbons (Fsp3) is 0.480. The fourth-order valence-electron chi connectivity index (χ4n) is 4.77. The van der Waals surface area contributed by atoms with Gasteiger partial charge in [0.2, 0.25) is 5.91 Å². The van der Waals surface area contributed by atoms with Crippen molar-refractivity contribution in [2.24, 2.45) is 11.5 Å². The summed E-state index contributed by atoms with van der Waals surface area (Å²) in [6.45, 7) is 5.89. The third-order valence-electron chi connectivity index (χ3n) is 6.80. The van der Waals surface area contributed by atoms with Crippen LogP contribution in [0.1, 0.15) is 72.0 Å². The van der Waals surface area contributed by atoms with E-state index in [9.17, 15) is 19.8 Å². The number of aryl methyl sites for hydroxylation is 2. The lowest BCUT2D eigenvalue weighted by molar-refractivity contribution is -0.126. The number of amides is 2. The predicted molar refractivity (Wildman–Crippen MR) is 131 cm³/mol. The summed E-state index contributed by atoms with van der Waals surface area (Å²) in [4.78, 5) is 32.5. The molecule has 1 unspecified atom stereocenters. The highest BCUT2D eigenvalue weighted by molar-refractivity contribution is 5.97. The van der Waals surface area contributed by atoms with Crippen molar-refractivity contribution in [1.29, 1.82) is 0 Å². The number of nitrogens with zero attached hydrogens (tertiary/aromatic N) is 2. The molecule has 1 aromatic heterocycles. The lowest BCUT2D eigenvalue weighted by Gasteiger charge is -2.33. The second-order valence-corrected chi connectivity index (χ2v) is 9.77. The second kappa shape index (κ2) is 10.2. The summed E-state index contributed by atoms with van der Waals surface area (Å²) in [7, 11) is 0. The van der Waals surface area contributed by atoms with Crippen molar-refractivity contribution in [3.05, 3.63) is 46.4 Å². The van der Waals surface area contributed by atoms with Crippen molar-refractivity contribution >= 4 is 17.6 Å². The molecule has 0 saturated carbocycles. The first-order valence-electron chi connectivity index (χ1n) is 12.1. The Bertz CT molecular complexity index is 1180. The number of aromatic nitrogens is 1. The van der Waals surface area contributed by atoms with Gasteiger partial charge in [-0.25, -0.2) is 0 Å². The smallest absolute Gasteiger partial charge is 0.271 e. The highest BCUT2D eigenvalue weighted by atomic mass is 16.7. The van der Waals surface area contributed by atoms with E-state index in [4.69, 9.17) is 20.8 Å². The normalized spacial score (nSPS) is 20.4. The topological polar surface area (TPSA) is 177 Å². The summed E-state index contributed by atoms with van der Waals surface area (Å²) >= 11 is 0. The van der Waals surface area contributed by atoms with Crippen LogP contribution in [-0.2, 0) is 22.5 Å². The summed E-state index contributed by atoms with van der Waals surface area (Å²) in [6, 6.07) is 3.05. The van der Waals surface area contributed by atoms with Gasteiger partial charge >= 0.3 is 0 Å². The minimum atomic E-state index is -1.29. The number of hydroxylamine groups is 1. The van der Waals surface area contributed by atoms with E-state index in [1.807, 2.05) is 13.8 Å². The zero-order valence-electron chi connectivity index (χ0n) is 20.5. The minimum absolute atomic E-state index is 0.0229. The quantitative estimate of drug-likeness (QED) is 0.343. The van der Waals surface area contributed by atoms with Gasteiger partial charge in [-0.3, -0.25) is 9.59 Å². The van der Waals surface area contributed by atoms with E-state index in [1.54, 1.807) is 12.1 Å². The van der Waals surface area contributed by atoms with Gasteiger partial charge < -0.3 is 35.9 Å². The molecule has 2 aromatic rings. The maximum Gasteiger partial charge on any atom is 0.271 e. The van der Waals surface area contributed by atoms with Gasteiger partial charge in [-0.2, -0.15) is 0 Å². The number of rotatable bonds is 9. The Hall–Kier alpha value is -3.57. The Kier molecular flexibility index (Phi) is 7.23. The highest BCUT2D eigenvalue weighted by Crippen LogP contribution is 2.35. The van der Waals surface area contributed by atoms with Gasteiger partial charge in [0.1, 0.15) is 17.3 Å². The molecule has 11 nitrogen and oxygen atoms in total. The van der Waals surface area contributed by atoms with E-state index in [-0.39, 0.29) is 40.9 Å². The monoisotopic (exact) mass is 499 g/mol. The number of hydrogen-bond donors (Lipinski definition) is 5. The predicted octanol–water partition coefficient (Wildman–Crippen LogP) is 1.68. The van der Waals surface area contributed by atoms with Gasteiger partial charge in [-0.05, 0) is 61.5 Å². The zero-order chi connectivity index (χ0) is 26.0. The molecule has 1 saturated heterocycles. The number of phenols is 2. The standard InChI is InChI=1S/C25H33N5O6/c1-14(2)16-10-15(17(31)11-18(16)32)6-7-19-21(22(23(26)33)28-35-19)20-12-25(24(27)34,29-36-20)13-30-8-4-3-5-9-30/h10-12,14,29,31-32H,3-9,13H2,1-2H3,(H2,26,33)(H2,27,34). The van der Waals surface area contributed by atoms with Crippen LogP contribution in [0.3, 0.4) is 0 Å². The van der Waals surface area contributed by atoms with E-state index in [0.717, 1.165) is 32.4 Å². The van der Waals surface area contributed by atoms with Crippen LogP contribution in [0.25, 0.3) is 5.76 Å². The van der Waals surface area contributed by atoms with Crippen molar-refractivity contribution in [3.63, 3.8) is 0 Å². The van der Waals surface area contributed by atoms with Crippen molar-refractivity contribution in [2.45, 2.75) is 57.4 Å². The molecule has 3 heterocycles. The SMILES string of the molecule is CC(C)c1cc(CCc2onc(C(N)=O)c2C2=CC(CN3CCCCC3)(C(N)=O)NO2)c(O)cc1O. The van der Waals surface area contributed by atoms with Gasteiger partial charge in [0.25, 0.3) is 5.91 Å². The number of likely N-dealkylation sites (tertiary alicyclic amines) is 1. The number of hydrogen-bond acceptors (Lipinski definition) is 9. The summed E-state index contributed by atoms with van der Waals surface area (Å²) < 4.78 is 5.45. The van der Waals surface area contributed by atoms with Crippen LogP contribution < -0.4 is 16.9 Å². The fourth-order valence-corrected chi connectivity index (χ4v) is 4.77. The molecule has 36 heavy (non-hydrogen) atoms. The molecule has 194 valence electrons. The molecule has 7 N–H and O–H groups in total. The molecule has 2 amide bonds. The van der Waals surface area contributed by atoms with Crippen molar-refractivity contribution in [1.82, 2.24) is 15.5 Å². The lowest BCUT2D eigenvalue weighted by atomic mass is 9.94. The maximum absolute atomic E-state index is 12.5. The second-order valence-electron chi connectivity index (χ2n) is 9.77. The van der Waals surface area contributed by atoms with Crippen LogP contribution >= 0.6 is 0 Å². The number of benzene rings is 1. The Morgan fingerprint density at radius 3 is 2.50 bits per heavy atom. The molecule has 1 fully saturated rings. The zero-order valence-corrected chi connectivity index (χ0v) is 20.5. The number of nitrogens with one attached hydrogen (secondary N) is 1. The number of nitrogens with two attached hydrogens (primary N) is 2. The van der Waals surface area contributed by atoms with E-state index in [2.05, 4.69) is 15.5 Å². The van der Waals surface area contributed by atoms with E-state index in [0.29, 0.717) is 29.9 Å². The third-order valence-corrected chi connectivity index (χ3v) is 6.80. The number of phenolic OH excluding ortho intramolecular Hbond substituents is 2. The van der Waals surface area contributed by atoms with Crippen molar-refractivity contribution < 1.29 is 29.2 Å². The number of piperidine rings is 1. The van der Waals surface area contributed by atoms with E-state index >= 15 is 0 Å². The number of carbonyl (C=O) groups is 2. The van der Waals surface area contributed by atoms with Gasteiger partial charge in [-0.15, -0.1) is 5.48 Å². The van der Waals surface area contributed by atoms with Crippen LogP contribution in [0.15, 0.2) is 22.7 Å². The van der Waals surface area contributed by atoms with Crippen molar-refractivity contribution in [2.75, 3.05) is 19.6 Å². The molecule has 1 aromatic carbocycles. The summed E-state index contributed by atoms with van der Waals surface area (Å²) in [6.07, 6.45) is 5.34. The molecule has 0 radical (unpaired) electrons. The largest absolute Gasteiger partial charge is 0.508 e. The number of carbonyl (C=O) groups excluding carboxylic acids is 2. The molecule has 2 aliphatic heterocycles. The average Bonchev–Trinajstić information content (AvgIpc) is 3.44. The minimum Gasteiger partial charge on any atom is -0.508 e. The Balaban J connectivity index is 1.64. The highest BCUT2D eigenvalue weighted by Gasteiger charge is 2.44. The number of primary amides is 2. The van der Waals surface area contributed by atoms with Gasteiger partial charge in [0, 0.05) is 19.0 Å². The lowest BCUT2D eigenvalue weighted by Crippen LogP contribution is -2.58. The summed E-state index contributed by atoms with van der Waals surface area (Å²) in [5, 5.41) is 24.3. The Morgan fingerprint density at radius 1 is 1.14 bits per heavy atom. The molecule has 0 aliphatic carbocycles. The molecule has 1 atom stereocenters. The average molecular weight is 500 g/mol.